The van der Waals surface area contributed by atoms with E-state index in [4.69, 9.17) is 4.74 Å². The fourth-order valence-electron chi connectivity index (χ4n) is 1.53. The average Bonchev–Trinajstić information content (AvgIpc) is 2.26. The van der Waals surface area contributed by atoms with E-state index in [0.717, 1.165) is 6.07 Å². The Labute approximate surface area is 104 Å². The lowest BCUT2D eigenvalue weighted by Crippen LogP contribution is -2.06. The summed E-state index contributed by atoms with van der Waals surface area (Å²) in [5, 5.41) is 0.0278. The lowest BCUT2D eigenvalue weighted by Gasteiger charge is -2.11. The van der Waals surface area contributed by atoms with Gasteiger partial charge in [-0.2, -0.15) is 13.2 Å². The zero-order valence-electron chi connectivity index (χ0n) is 8.68. The molecular weight excluding hydrogens is 299 g/mol. The van der Waals surface area contributed by atoms with Crippen LogP contribution in [0.1, 0.15) is 5.56 Å². The molecule has 90 valence electrons. The van der Waals surface area contributed by atoms with Crippen molar-refractivity contribution in [3.8, 4) is 5.75 Å². The van der Waals surface area contributed by atoms with E-state index in [-0.39, 0.29) is 15.5 Å². The fourth-order valence-corrected chi connectivity index (χ4v) is 1.95. The molecule has 1 aromatic carbocycles. The van der Waals surface area contributed by atoms with Gasteiger partial charge in [-0.1, -0.05) is 0 Å². The Balaban J connectivity index is 2.80. The van der Waals surface area contributed by atoms with E-state index in [1.807, 2.05) is 0 Å². The largest absolute Gasteiger partial charge is 0.497 e. The van der Waals surface area contributed by atoms with Gasteiger partial charge in [0.2, 0.25) is 0 Å². The molecule has 0 spiro atoms. The number of hydrogen-bond donors (Lipinski definition) is 0. The van der Waals surface area contributed by atoms with E-state index in [9.17, 15) is 13.2 Å². The van der Waals surface area contributed by atoms with E-state index in [0.29, 0.717) is 5.75 Å². The molecule has 0 saturated carbocycles. The Hall–Kier alpha value is -1.30. The fraction of sp³-hybridized carbons (Fsp3) is 0.182. The third-order valence-electron chi connectivity index (χ3n) is 2.29. The van der Waals surface area contributed by atoms with E-state index < -0.39 is 11.7 Å². The monoisotopic (exact) mass is 305 g/mol. The van der Waals surface area contributed by atoms with Crippen LogP contribution in [-0.2, 0) is 6.18 Å². The predicted octanol–water partition coefficient (Wildman–Crippen LogP) is 4.02. The van der Waals surface area contributed by atoms with E-state index in [1.165, 1.54) is 19.2 Å². The zero-order valence-corrected chi connectivity index (χ0v) is 10.3. The molecule has 1 aromatic heterocycles. The van der Waals surface area contributed by atoms with Gasteiger partial charge in [0.05, 0.1) is 18.2 Å². The summed E-state index contributed by atoms with van der Waals surface area (Å²) in [4.78, 5) is 3.99. The van der Waals surface area contributed by atoms with Crippen molar-refractivity contribution in [2.45, 2.75) is 6.18 Å². The second-order valence-electron chi connectivity index (χ2n) is 3.37. The highest BCUT2D eigenvalue weighted by molar-refractivity contribution is 9.10. The summed E-state index contributed by atoms with van der Waals surface area (Å²) in [6, 6.07) is 5.36. The van der Waals surface area contributed by atoms with Crippen molar-refractivity contribution in [3.05, 3.63) is 34.4 Å². The molecule has 2 rings (SSSR count). The summed E-state index contributed by atoms with van der Waals surface area (Å²) in [5.41, 5.74) is -0.458. The standard InChI is InChI=1S/C11H7BrF3NO/c1-17-6-2-3-9-7(4-6)8(11(13,14)15)5-10(12)16-9/h2-5H,1H3. The first-order chi connectivity index (χ1) is 7.91. The second-order valence-corrected chi connectivity index (χ2v) is 4.19. The minimum atomic E-state index is -4.42. The number of ether oxygens (including phenoxy) is 1. The normalized spacial score (nSPS) is 11.8. The molecule has 1 heterocycles. The van der Waals surface area contributed by atoms with Crippen LogP contribution in [0.3, 0.4) is 0 Å². The van der Waals surface area contributed by atoms with Crippen LogP contribution in [0.4, 0.5) is 13.2 Å². The molecule has 0 unspecified atom stereocenters. The van der Waals surface area contributed by atoms with E-state index in [1.54, 1.807) is 6.07 Å². The van der Waals surface area contributed by atoms with Crippen LogP contribution in [-0.4, -0.2) is 12.1 Å². The first-order valence-electron chi connectivity index (χ1n) is 4.63. The first kappa shape index (κ1) is 12.2. The summed E-state index contributed by atoms with van der Waals surface area (Å²) >= 11 is 2.97. The molecule has 0 aliphatic rings. The number of methoxy groups -OCH3 is 1. The number of benzene rings is 1. The van der Waals surface area contributed by atoms with Crippen molar-refractivity contribution >= 4 is 26.8 Å². The maximum absolute atomic E-state index is 12.8. The third kappa shape index (κ3) is 2.36. The molecule has 0 N–H and O–H groups in total. The van der Waals surface area contributed by atoms with Gasteiger partial charge in [-0.3, -0.25) is 0 Å². The lowest BCUT2D eigenvalue weighted by atomic mass is 10.1. The Morgan fingerprint density at radius 2 is 1.94 bits per heavy atom. The maximum atomic E-state index is 12.8. The minimum Gasteiger partial charge on any atom is -0.497 e. The van der Waals surface area contributed by atoms with Gasteiger partial charge < -0.3 is 4.74 Å². The van der Waals surface area contributed by atoms with Crippen LogP contribution in [0.2, 0.25) is 0 Å². The Morgan fingerprint density at radius 1 is 1.24 bits per heavy atom. The number of aromatic nitrogens is 1. The van der Waals surface area contributed by atoms with Gasteiger partial charge in [0.25, 0.3) is 0 Å². The summed E-state index contributed by atoms with van der Waals surface area (Å²) in [6.45, 7) is 0. The number of halogens is 4. The molecule has 0 atom stereocenters. The topological polar surface area (TPSA) is 22.1 Å². The quantitative estimate of drug-likeness (QED) is 0.742. The SMILES string of the molecule is COc1ccc2nc(Br)cc(C(F)(F)F)c2c1. The number of alkyl halides is 3. The summed E-state index contributed by atoms with van der Waals surface area (Å²) < 4.78 is 43.6. The highest BCUT2D eigenvalue weighted by Gasteiger charge is 2.33. The van der Waals surface area contributed by atoms with Crippen molar-refractivity contribution < 1.29 is 17.9 Å². The lowest BCUT2D eigenvalue weighted by molar-refractivity contribution is -0.136. The van der Waals surface area contributed by atoms with Crippen molar-refractivity contribution in [1.29, 1.82) is 0 Å². The molecule has 2 nitrogen and oxygen atoms in total. The molecule has 0 aliphatic heterocycles. The molecular formula is C11H7BrF3NO. The molecule has 17 heavy (non-hydrogen) atoms. The minimum absolute atomic E-state index is 0.0278. The first-order valence-corrected chi connectivity index (χ1v) is 5.42. The van der Waals surface area contributed by atoms with Gasteiger partial charge in [-0.25, -0.2) is 4.98 Å². The Kier molecular flexibility index (Phi) is 2.99. The molecule has 2 aromatic rings. The number of rotatable bonds is 1. The second kappa shape index (κ2) is 4.18. The number of nitrogens with zero attached hydrogens (tertiary/aromatic N) is 1. The van der Waals surface area contributed by atoms with Crippen LogP contribution < -0.4 is 4.74 Å². The Morgan fingerprint density at radius 3 is 2.53 bits per heavy atom. The van der Waals surface area contributed by atoms with Crippen LogP contribution in [0.15, 0.2) is 28.9 Å². The average molecular weight is 306 g/mol. The number of pyridine rings is 1. The van der Waals surface area contributed by atoms with Crippen LogP contribution in [0.25, 0.3) is 10.9 Å². The number of hydrogen-bond acceptors (Lipinski definition) is 2. The van der Waals surface area contributed by atoms with Gasteiger partial charge in [0.15, 0.2) is 0 Å². The molecule has 0 bridgehead atoms. The highest BCUT2D eigenvalue weighted by Crippen LogP contribution is 2.36. The number of fused-ring (bicyclic) bond motifs is 1. The third-order valence-corrected chi connectivity index (χ3v) is 2.70. The molecule has 6 heteroatoms. The van der Waals surface area contributed by atoms with E-state index in [2.05, 4.69) is 20.9 Å². The van der Waals surface area contributed by atoms with E-state index >= 15 is 0 Å². The predicted molar refractivity (Wildman–Crippen MR) is 61.0 cm³/mol. The highest BCUT2D eigenvalue weighted by atomic mass is 79.9. The van der Waals surface area contributed by atoms with Gasteiger partial charge >= 0.3 is 6.18 Å². The Bertz CT molecular complexity index is 568. The van der Waals surface area contributed by atoms with Crippen LogP contribution in [0, 0.1) is 0 Å². The van der Waals surface area contributed by atoms with Gasteiger partial charge in [-0.15, -0.1) is 0 Å². The van der Waals surface area contributed by atoms with Gasteiger partial charge in [-0.05, 0) is 40.2 Å². The molecule has 0 saturated heterocycles. The molecule has 0 fully saturated rings. The van der Waals surface area contributed by atoms with Crippen LogP contribution >= 0.6 is 15.9 Å². The molecule has 0 aliphatic carbocycles. The van der Waals surface area contributed by atoms with Gasteiger partial charge in [0, 0.05) is 5.39 Å². The van der Waals surface area contributed by atoms with Gasteiger partial charge in [0.1, 0.15) is 10.4 Å². The van der Waals surface area contributed by atoms with Crippen molar-refractivity contribution in [2.24, 2.45) is 0 Å². The maximum Gasteiger partial charge on any atom is 0.417 e. The zero-order chi connectivity index (χ0) is 12.6. The summed E-state index contributed by atoms with van der Waals surface area (Å²) in [5.74, 6) is 0.368. The van der Waals surface area contributed by atoms with Crippen molar-refractivity contribution in [1.82, 2.24) is 4.98 Å². The summed E-state index contributed by atoms with van der Waals surface area (Å²) in [6.07, 6.45) is -4.42. The van der Waals surface area contributed by atoms with Crippen molar-refractivity contribution in [2.75, 3.05) is 7.11 Å². The molecule has 0 amide bonds. The molecule has 0 radical (unpaired) electrons. The smallest absolute Gasteiger partial charge is 0.417 e. The van der Waals surface area contributed by atoms with Crippen LogP contribution in [0.5, 0.6) is 5.75 Å². The summed E-state index contributed by atoms with van der Waals surface area (Å²) in [7, 11) is 1.40. The van der Waals surface area contributed by atoms with Crippen molar-refractivity contribution in [3.63, 3.8) is 0 Å².